The van der Waals surface area contributed by atoms with Gasteiger partial charge in [0.05, 0.1) is 5.52 Å². The predicted molar refractivity (Wildman–Crippen MR) is 102 cm³/mol. The molecule has 0 bridgehead atoms. The molecule has 0 N–H and O–H groups in total. The SMILES string of the molecule is CCc1ccc(C(=O)COC(=O)/C=C/c2cccc3cccnc23)cc1. The van der Waals surface area contributed by atoms with Crippen molar-refractivity contribution in [3.05, 3.63) is 83.6 Å². The maximum atomic E-state index is 12.1. The van der Waals surface area contributed by atoms with Gasteiger partial charge in [-0.3, -0.25) is 9.78 Å². The van der Waals surface area contributed by atoms with Crippen LogP contribution in [-0.4, -0.2) is 23.3 Å². The van der Waals surface area contributed by atoms with Gasteiger partial charge in [0.25, 0.3) is 0 Å². The number of esters is 1. The highest BCUT2D eigenvalue weighted by Gasteiger charge is 2.08. The highest BCUT2D eigenvalue weighted by atomic mass is 16.5. The summed E-state index contributed by atoms with van der Waals surface area (Å²) in [7, 11) is 0. The first-order chi connectivity index (χ1) is 12.7. The molecule has 1 heterocycles. The van der Waals surface area contributed by atoms with Crippen molar-refractivity contribution in [3.63, 3.8) is 0 Å². The van der Waals surface area contributed by atoms with Crippen molar-refractivity contribution < 1.29 is 14.3 Å². The molecule has 0 radical (unpaired) electrons. The van der Waals surface area contributed by atoms with Crippen molar-refractivity contribution in [2.45, 2.75) is 13.3 Å². The summed E-state index contributed by atoms with van der Waals surface area (Å²) in [4.78, 5) is 28.3. The van der Waals surface area contributed by atoms with E-state index in [1.54, 1.807) is 24.4 Å². The number of carbonyl (C=O) groups is 2. The van der Waals surface area contributed by atoms with Crippen LogP contribution >= 0.6 is 0 Å². The van der Waals surface area contributed by atoms with Crippen LogP contribution in [0.3, 0.4) is 0 Å². The molecule has 0 aliphatic heterocycles. The van der Waals surface area contributed by atoms with E-state index in [0.717, 1.165) is 28.5 Å². The fourth-order valence-corrected chi connectivity index (χ4v) is 2.61. The Morgan fingerprint density at radius 3 is 2.58 bits per heavy atom. The summed E-state index contributed by atoms with van der Waals surface area (Å²) in [6.07, 6.45) is 5.59. The molecule has 0 saturated carbocycles. The van der Waals surface area contributed by atoms with Gasteiger partial charge >= 0.3 is 5.97 Å². The van der Waals surface area contributed by atoms with Gasteiger partial charge < -0.3 is 4.74 Å². The molecule has 1 aromatic heterocycles. The lowest BCUT2D eigenvalue weighted by Gasteiger charge is -2.03. The van der Waals surface area contributed by atoms with E-state index < -0.39 is 5.97 Å². The molecule has 0 aliphatic carbocycles. The number of hydrogen-bond acceptors (Lipinski definition) is 4. The first kappa shape index (κ1) is 17.5. The lowest BCUT2D eigenvalue weighted by Crippen LogP contribution is -2.12. The topological polar surface area (TPSA) is 56.3 Å². The van der Waals surface area contributed by atoms with Crippen LogP contribution in [0, 0.1) is 0 Å². The number of rotatable bonds is 6. The van der Waals surface area contributed by atoms with Crippen LogP contribution in [-0.2, 0) is 16.0 Å². The Labute approximate surface area is 152 Å². The molecule has 0 aliphatic rings. The summed E-state index contributed by atoms with van der Waals surface area (Å²) in [5.41, 5.74) is 3.33. The third-order valence-corrected chi connectivity index (χ3v) is 4.09. The number of carbonyl (C=O) groups excluding carboxylic acids is 2. The quantitative estimate of drug-likeness (QED) is 0.381. The molecule has 3 rings (SSSR count). The molecule has 0 atom stereocenters. The number of pyridine rings is 1. The average molecular weight is 345 g/mol. The van der Waals surface area contributed by atoms with E-state index in [4.69, 9.17) is 4.74 Å². The Kier molecular flexibility index (Phi) is 5.54. The number of benzene rings is 2. The zero-order chi connectivity index (χ0) is 18.4. The Hall–Kier alpha value is -3.27. The van der Waals surface area contributed by atoms with E-state index in [-0.39, 0.29) is 12.4 Å². The Morgan fingerprint density at radius 2 is 1.81 bits per heavy atom. The first-order valence-electron chi connectivity index (χ1n) is 8.48. The molecule has 0 spiro atoms. The van der Waals surface area contributed by atoms with Gasteiger partial charge in [-0.15, -0.1) is 0 Å². The van der Waals surface area contributed by atoms with Gasteiger partial charge in [0.1, 0.15) is 0 Å². The standard InChI is InChI=1S/C22H19NO3/c1-2-16-8-10-17(11-9-16)20(24)15-26-21(25)13-12-19-6-3-5-18-7-4-14-23-22(18)19/h3-14H,2,15H2,1H3/b13-12+. The van der Waals surface area contributed by atoms with Crippen LogP contribution in [0.15, 0.2) is 66.9 Å². The molecule has 0 amide bonds. The summed E-state index contributed by atoms with van der Waals surface area (Å²) >= 11 is 0. The highest BCUT2D eigenvalue weighted by molar-refractivity contribution is 5.99. The fourth-order valence-electron chi connectivity index (χ4n) is 2.61. The number of ketones is 1. The molecule has 0 fully saturated rings. The molecule has 4 heteroatoms. The van der Waals surface area contributed by atoms with Gasteiger partial charge in [0, 0.05) is 28.8 Å². The van der Waals surface area contributed by atoms with E-state index in [1.807, 2.05) is 42.5 Å². The number of nitrogens with zero attached hydrogens (tertiary/aromatic N) is 1. The van der Waals surface area contributed by atoms with Gasteiger partial charge in [0.15, 0.2) is 12.4 Å². The zero-order valence-corrected chi connectivity index (χ0v) is 14.5. The third-order valence-electron chi connectivity index (χ3n) is 4.09. The van der Waals surface area contributed by atoms with Gasteiger partial charge in [-0.1, -0.05) is 55.5 Å². The van der Waals surface area contributed by atoms with Crippen molar-refractivity contribution >= 4 is 28.7 Å². The Morgan fingerprint density at radius 1 is 1.04 bits per heavy atom. The minimum atomic E-state index is -0.559. The summed E-state index contributed by atoms with van der Waals surface area (Å²) in [6, 6.07) is 16.9. The number of aromatic nitrogens is 1. The summed E-state index contributed by atoms with van der Waals surface area (Å²) in [5.74, 6) is -0.780. The van der Waals surface area contributed by atoms with E-state index in [2.05, 4.69) is 11.9 Å². The second kappa shape index (κ2) is 8.21. The normalized spacial score (nSPS) is 11.0. The van der Waals surface area contributed by atoms with Crippen molar-refractivity contribution in [1.29, 1.82) is 0 Å². The van der Waals surface area contributed by atoms with Crippen LogP contribution in [0.1, 0.15) is 28.4 Å². The minimum absolute atomic E-state index is 0.221. The minimum Gasteiger partial charge on any atom is -0.454 e. The van der Waals surface area contributed by atoms with Gasteiger partial charge in [-0.05, 0) is 24.1 Å². The number of fused-ring (bicyclic) bond motifs is 1. The Bertz CT molecular complexity index is 953. The maximum Gasteiger partial charge on any atom is 0.331 e. The lowest BCUT2D eigenvalue weighted by molar-refractivity contribution is -0.136. The molecule has 0 unspecified atom stereocenters. The van der Waals surface area contributed by atoms with Gasteiger partial charge in [0.2, 0.25) is 0 Å². The fraction of sp³-hybridized carbons (Fsp3) is 0.136. The molecule has 2 aromatic carbocycles. The van der Waals surface area contributed by atoms with Crippen molar-refractivity contribution in [2.24, 2.45) is 0 Å². The molecular formula is C22H19NO3. The van der Waals surface area contributed by atoms with Crippen molar-refractivity contribution in [2.75, 3.05) is 6.61 Å². The molecular weight excluding hydrogens is 326 g/mol. The molecule has 3 aromatic rings. The zero-order valence-electron chi connectivity index (χ0n) is 14.5. The van der Waals surface area contributed by atoms with Crippen LogP contribution in [0.2, 0.25) is 0 Å². The lowest BCUT2D eigenvalue weighted by atomic mass is 10.1. The number of hydrogen-bond donors (Lipinski definition) is 0. The van der Waals surface area contributed by atoms with Crippen LogP contribution in [0.5, 0.6) is 0 Å². The third kappa shape index (κ3) is 4.22. The highest BCUT2D eigenvalue weighted by Crippen LogP contribution is 2.17. The number of ether oxygens (including phenoxy) is 1. The second-order valence-corrected chi connectivity index (χ2v) is 5.84. The first-order valence-corrected chi connectivity index (χ1v) is 8.48. The monoisotopic (exact) mass is 345 g/mol. The largest absolute Gasteiger partial charge is 0.454 e. The van der Waals surface area contributed by atoms with Crippen LogP contribution < -0.4 is 0 Å². The summed E-state index contributed by atoms with van der Waals surface area (Å²) in [5, 5.41) is 0.994. The molecule has 4 nitrogen and oxygen atoms in total. The molecule has 130 valence electrons. The van der Waals surface area contributed by atoms with Crippen LogP contribution in [0.25, 0.3) is 17.0 Å². The van der Waals surface area contributed by atoms with E-state index >= 15 is 0 Å². The maximum absolute atomic E-state index is 12.1. The second-order valence-electron chi connectivity index (χ2n) is 5.84. The van der Waals surface area contributed by atoms with Crippen LogP contribution in [0.4, 0.5) is 0 Å². The molecule has 26 heavy (non-hydrogen) atoms. The predicted octanol–water partition coefficient (Wildman–Crippen LogP) is 4.24. The van der Waals surface area contributed by atoms with E-state index in [0.29, 0.717) is 5.56 Å². The van der Waals surface area contributed by atoms with E-state index in [1.165, 1.54) is 6.08 Å². The summed E-state index contributed by atoms with van der Waals surface area (Å²) in [6.45, 7) is 1.78. The van der Waals surface area contributed by atoms with Gasteiger partial charge in [-0.25, -0.2) is 4.79 Å². The summed E-state index contributed by atoms with van der Waals surface area (Å²) < 4.78 is 5.05. The number of aryl methyl sites for hydroxylation is 1. The molecule has 0 saturated heterocycles. The van der Waals surface area contributed by atoms with Crippen molar-refractivity contribution in [3.8, 4) is 0 Å². The number of para-hydroxylation sites is 1. The van der Waals surface area contributed by atoms with E-state index in [9.17, 15) is 9.59 Å². The average Bonchev–Trinajstić information content (AvgIpc) is 2.70. The smallest absolute Gasteiger partial charge is 0.331 e. The Balaban J connectivity index is 1.61. The van der Waals surface area contributed by atoms with Gasteiger partial charge in [-0.2, -0.15) is 0 Å². The van der Waals surface area contributed by atoms with Crippen molar-refractivity contribution in [1.82, 2.24) is 4.98 Å². The number of Topliss-reactive ketones (excluding diaryl/α,β-unsaturated/α-hetero) is 1.